The van der Waals surface area contributed by atoms with E-state index in [1.54, 1.807) is 14.1 Å². The van der Waals surface area contributed by atoms with E-state index in [9.17, 15) is 8.42 Å². The van der Waals surface area contributed by atoms with Crippen molar-refractivity contribution in [1.29, 1.82) is 0 Å². The van der Waals surface area contributed by atoms with Gasteiger partial charge in [-0.1, -0.05) is 6.92 Å². The van der Waals surface area contributed by atoms with Crippen LogP contribution in [0.15, 0.2) is 6.07 Å². The minimum Gasteiger partial charge on any atom is -0.379 e. The second kappa shape index (κ2) is 7.55. The molecule has 2 rings (SSSR count). The van der Waals surface area contributed by atoms with Gasteiger partial charge in [-0.3, -0.25) is 0 Å². The van der Waals surface area contributed by atoms with Crippen LogP contribution in [0.1, 0.15) is 24.9 Å². The molecule has 1 aliphatic rings. The molecule has 0 spiro atoms. The highest BCUT2D eigenvalue weighted by molar-refractivity contribution is 7.89. The summed E-state index contributed by atoms with van der Waals surface area (Å²) in [6.45, 7) is 4.95. The van der Waals surface area contributed by atoms with Crippen LogP contribution in [0.4, 0.5) is 5.82 Å². The van der Waals surface area contributed by atoms with E-state index >= 15 is 0 Å². The summed E-state index contributed by atoms with van der Waals surface area (Å²) in [5.41, 5.74) is 0.905. The van der Waals surface area contributed by atoms with E-state index in [0.717, 1.165) is 30.2 Å². The van der Waals surface area contributed by atoms with Gasteiger partial charge < -0.3 is 10.1 Å². The van der Waals surface area contributed by atoms with Crippen LogP contribution in [0, 0.1) is 12.8 Å². The first-order chi connectivity index (χ1) is 10.8. The summed E-state index contributed by atoms with van der Waals surface area (Å²) in [7, 11) is -0.143. The van der Waals surface area contributed by atoms with Gasteiger partial charge in [-0.15, -0.1) is 0 Å². The van der Waals surface area contributed by atoms with Gasteiger partial charge in [0.2, 0.25) is 10.0 Å². The van der Waals surface area contributed by atoms with Crippen LogP contribution in [0.3, 0.4) is 0 Å². The topological polar surface area (TPSA) is 84.4 Å². The number of hydrogen-bond acceptors (Lipinski definition) is 6. The molecule has 0 unspecified atom stereocenters. The minimum atomic E-state index is -3.25. The lowest BCUT2D eigenvalue weighted by molar-refractivity contribution is 0.187. The highest BCUT2D eigenvalue weighted by atomic mass is 32.2. The van der Waals surface area contributed by atoms with E-state index in [0.29, 0.717) is 13.2 Å². The number of sulfonamides is 1. The van der Waals surface area contributed by atoms with Crippen molar-refractivity contribution in [2.75, 3.05) is 38.4 Å². The molecule has 2 atom stereocenters. The van der Waals surface area contributed by atoms with Crippen molar-refractivity contribution in [2.24, 2.45) is 5.92 Å². The molecule has 8 heteroatoms. The maximum atomic E-state index is 12.1. The first-order valence-corrected chi connectivity index (χ1v) is 9.51. The van der Waals surface area contributed by atoms with Gasteiger partial charge in [-0.2, -0.15) is 0 Å². The van der Waals surface area contributed by atoms with E-state index in [2.05, 4.69) is 22.2 Å². The molecular weight excluding hydrogens is 316 g/mol. The number of ether oxygens (including phenoxy) is 1. The maximum absolute atomic E-state index is 12.1. The average molecular weight is 342 g/mol. The van der Waals surface area contributed by atoms with Gasteiger partial charge in [0.05, 0.1) is 25.0 Å². The van der Waals surface area contributed by atoms with Crippen LogP contribution in [0.5, 0.6) is 0 Å². The van der Waals surface area contributed by atoms with Gasteiger partial charge in [-0.05, 0) is 13.3 Å². The Morgan fingerprint density at radius 3 is 2.74 bits per heavy atom. The van der Waals surface area contributed by atoms with E-state index in [1.165, 1.54) is 4.31 Å². The largest absolute Gasteiger partial charge is 0.379 e. The maximum Gasteiger partial charge on any atom is 0.214 e. The predicted octanol–water partition coefficient (Wildman–Crippen LogP) is 1.06. The lowest BCUT2D eigenvalue weighted by Gasteiger charge is -2.21. The fourth-order valence-electron chi connectivity index (χ4n) is 2.57. The number of hydrogen-bond donors (Lipinski definition) is 1. The third-order valence-corrected chi connectivity index (χ3v) is 5.85. The molecule has 2 heterocycles. The summed E-state index contributed by atoms with van der Waals surface area (Å²) in [5, 5.41) is 3.33. The van der Waals surface area contributed by atoms with Crippen LogP contribution in [-0.2, 0) is 21.2 Å². The number of rotatable bonds is 7. The van der Waals surface area contributed by atoms with Gasteiger partial charge in [0.25, 0.3) is 0 Å². The number of aromatic nitrogens is 2. The Bertz CT molecular complexity index is 634. The van der Waals surface area contributed by atoms with E-state index in [4.69, 9.17) is 4.74 Å². The summed E-state index contributed by atoms with van der Waals surface area (Å²) >= 11 is 0. The van der Waals surface area contributed by atoms with E-state index in [-0.39, 0.29) is 17.7 Å². The van der Waals surface area contributed by atoms with Crippen LogP contribution in [0.2, 0.25) is 0 Å². The molecule has 1 aliphatic heterocycles. The van der Waals surface area contributed by atoms with Crippen molar-refractivity contribution in [1.82, 2.24) is 14.3 Å². The molecule has 7 nitrogen and oxygen atoms in total. The SMILES string of the molecule is CCCc1nc(C)cc(N[C@H]2COC[C@H]2CS(=O)(=O)N(C)C)n1. The molecular formula is C15H26N4O3S. The Morgan fingerprint density at radius 2 is 2.09 bits per heavy atom. The predicted molar refractivity (Wildman–Crippen MR) is 90.0 cm³/mol. The molecule has 1 aromatic heterocycles. The summed E-state index contributed by atoms with van der Waals surface area (Å²) in [6, 6.07) is 1.82. The normalized spacial score (nSPS) is 21.8. The van der Waals surface area contributed by atoms with E-state index < -0.39 is 10.0 Å². The second-order valence-electron chi connectivity index (χ2n) is 6.17. The van der Waals surface area contributed by atoms with Crippen molar-refractivity contribution in [3.8, 4) is 0 Å². The van der Waals surface area contributed by atoms with Crippen LogP contribution in [0.25, 0.3) is 0 Å². The quantitative estimate of drug-likeness (QED) is 0.797. The molecule has 0 bridgehead atoms. The van der Waals surface area contributed by atoms with Crippen molar-refractivity contribution >= 4 is 15.8 Å². The second-order valence-corrected chi connectivity index (χ2v) is 8.40. The van der Waals surface area contributed by atoms with Gasteiger partial charge in [0.15, 0.2) is 0 Å². The van der Waals surface area contributed by atoms with Crippen molar-refractivity contribution in [3.63, 3.8) is 0 Å². The Kier molecular flexibility index (Phi) is 5.94. The van der Waals surface area contributed by atoms with Gasteiger partial charge in [0, 0.05) is 38.2 Å². The zero-order chi connectivity index (χ0) is 17.0. The molecule has 1 N–H and O–H groups in total. The molecule has 23 heavy (non-hydrogen) atoms. The first-order valence-electron chi connectivity index (χ1n) is 7.91. The third-order valence-electron chi connectivity index (χ3n) is 3.89. The lowest BCUT2D eigenvalue weighted by atomic mass is 10.1. The molecule has 0 saturated carbocycles. The Morgan fingerprint density at radius 1 is 1.35 bits per heavy atom. The zero-order valence-electron chi connectivity index (χ0n) is 14.2. The number of aryl methyl sites for hydroxylation is 2. The van der Waals surface area contributed by atoms with Crippen molar-refractivity contribution < 1.29 is 13.2 Å². The Balaban J connectivity index is 2.09. The number of nitrogens with zero attached hydrogens (tertiary/aromatic N) is 3. The first kappa shape index (κ1) is 18.1. The molecule has 1 saturated heterocycles. The summed E-state index contributed by atoms with van der Waals surface area (Å²) < 4.78 is 30.9. The van der Waals surface area contributed by atoms with Crippen LogP contribution >= 0.6 is 0 Å². The standard InChI is InChI=1S/C15H26N4O3S/c1-5-6-14-16-11(2)7-15(18-14)17-13-9-22-8-12(13)10-23(20,21)19(3)4/h7,12-13H,5-6,8-10H2,1-4H3,(H,16,17,18)/t12-,13-/m0/s1. The summed E-state index contributed by atoms with van der Waals surface area (Å²) in [4.78, 5) is 8.93. The average Bonchev–Trinajstić information content (AvgIpc) is 2.84. The van der Waals surface area contributed by atoms with Crippen LogP contribution in [-0.4, -0.2) is 61.8 Å². The highest BCUT2D eigenvalue weighted by Gasteiger charge is 2.33. The van der Waals surface area contributed by atoms with Gasteiger partial charge in [-0.25, -0.2) is 22.7 Å². The van der Waals surface area contributed by atoms with Crippen molar-refractivity contribution in [2.45, 2.75) is 32.7 Å². The molecule has 130 valence electrons. The third kappa shape index (κ3) is 4.86. The van der Waals surface area contributed by atoms with Crippen molar-refractivity contribution in [3.05, 3.63) is 17.6 Å². The highest BCUT2D eigenvalue weighted by Crippen LogP contribution is 2.21. The van der Waals surface area contributed by atoms with E-state index in [1.807, 2.05) is 13.0 Å². The smallest absolute Gasteiger partial charge is 0.214 e. The molecule has 0 radical (unpaired) electrons. The summed E-state index contributed by atoms with van der Waals surface area (Å²) in [5.74, 6) is 1.53. The lowest BCUT2D eigenvalue weighted by Crippen LogP contribution is -2.37. The summed E-state index contributed by atoms with van der Waals surface area (Å²) in [6.07, 6.45) is 1.81. The van der Waals surface area contributed by atoms with Crippen LogP contribution < -0.4 is 5.32 Å². The number of nitrogens with one attached hydrogen (secondary N) is 1. The molecule has 1 aromatic rings. The molecule has 1 fully saturated rings. The fourth-order valence-corrected chi connectivity index (χ4v) is 3.74. The molecule has 0 aliphatic carbocycles. The fraction of sp³-hybridized carbons (Fsp3) is 0.733. The minimum absolute atomic E-state index is 0.0616. The Hall–Kier alpha value is -1.25. The monoisotopic (exact) mass is 342 g/mol. The Labute approximate surface area is 138 Å². The molecule has 0 amide bonds. The molecule has 0 aromatic carbocycles. The zero-order valence-corrected chi connectivity index (χ0v) is 15.1. The number of anilines is 1. The van der Waals surface area contributed by atoms with Gasteiger partial charge >= 0.3 is 0 Å². The van der Waals surface area contributed by atoms with Gasteiger partial charge in [0.1, 0.15) is 11.6 Å².